The second-order valence-corrected chi connectivity index (χ2v) is 5.27. The maximum atomic E-state index is 11.9. The van der Waals surface area contributed by atoms with Gasteiger partial charge < -0.3 is 15.0 Å². The Labute approximate surface area is 118 Å². The van der Waals surface area contributed by atoms with Gasteiger partial charge in [0.15, 0.2) is 0 Å². The third-order valence-electron chi connectivity index (χ3n) is 3.54. The summed E-state index contributed by atoms with van der Waals surface area (Å²) < 4.78 is 5.12. The number of ether oxygens (including phenoxy) is 1. The van der Waals surface area contributed by atoms with Gasteiger partial charge in [-0.2, -0.15) is 0 Å². The van der Waals surface area contributed by atoms with Gasteiger partial charge in [-0.3, -0.25) is 4.79 Å². The molecule has 0 radical (unpaired) electrons. The van der Waals surface area contributed by atoms with Crippen LogP contribution in [-0.4, -0.2) is 36.6 Å². The van der Waals surface area contributed by atoms with Crippen LogP contribution in [0.25, 0.3) is 0 Å². The van der Waals surface area contributed by atoms with Crippen LogP contribution >= 0.6 is 0 Å². The highest BCUT2D eigenvalue weighted by Crippen LogP contribution is 2.16. The number of nitrogens with one attached hydrogen (secondary N) is 1. The molecule has 0 aliphatic carbocycles. The zero-order chi connectivity index (χ0) is 14.7. The molecule has 1 aromatic rings. The molecule has 0 bridgehead atoms. The molecule has 1 N–H and O–H groups in total. The molecule has 1 fully saturated rings. The Balaban J connectivity index is 1.81. The monoisotopic (exact) mass is 276 g/mol. The van der Waals surface area contributed by atoms with Crippen LogP contribution in [0.2, 0.25) is 0 Å². The van der Waals surface area contributed by atoms with E-state index < -0.39 is 0 Å². The number of hydrogen-bond acceptors (Lipinski definition) is 3. The van der Waals surface area contributed by atoms with Crippen molar-refractivity contribution in [3.8, 4) is 0 Å². The third kappa shape index (κ3) is 3.50. The maximum absolute atomic E-state index is 11.9. The lowest BCUT2D eigenvalue weighted by Crippen LogP contribution is -2.20. The fourth-order valence-corrected chi connectivity index (χ4v) is 2.13. The number of anilines is 1. The molecule has 1 unspecified atom stereocenters. The third-order valence-corrected chi connectivity index (χ3v) is 3.54. The Kier molecular flexibility index (Phi) is 4.27. The average Bonchev–Trinajstić information content (AvgIpc) is 2.71. The van der Waals surface area contributed by atoms with Gasteiger partial charge in [0, 0.05) is 19.2 Å². The highest BCUT2D eigenvalue weighted by atomic mass is 16.6. The molecule has 20 heavy (non-hydrogen) atoms. The number of benzene rings is 1. The van der Waals surface area contributed by atoms with Crippen molar-refractivity contribution >= 4 is 17.7 Å². The first kappa shape index (κ1) is 14.4. The van der Waals surface area contributed by atoms with E-state index in [0.717, 1.165) is 11.3 Å². The van der Waals surface area contributed by atoms with Crippen LogP contribution in [0, 0.1) is 13.8 Å². The molecule has 2 amide bonds. The largest absolute Gasteiger partial charge is 0.444 e. The maximum Gasteiger partial charge on any atom is 0.409 e. The lowest BCUT2D eigenvalue weighted by Gasteiger charge is -2.09. The Morgan fingerprint density at radius 3 is 2.75 bits per heavy atom. The highest BCUT2D eigenvalue weighted by Gasteiger charge is 2.28. The van der Waals surface area contributed by atoms with Crippen molar-refractivity contribution in [3.63, 3.8) is 0 Å². The minimum absolute atomic E-state index is 0.0566. The van der Waals surface area contributed by atoms with Gasteiger partial charge in [-0.25, -0.2) is 4.79 Å². The molecular weight excluding hydrogens is 256 g/mol. The molecule has 1 aromatic carbocycles. The number of aryl methyl sites for hydroxylation is 2. The van der Waals surface area contributed by atoms with Crippen molar-refractivity contribution in [2.75, 3.05) is 18.9 Å². The number of nitrogens with zero attached hydrogens (tertiary/aromatic N) is 1. The molecule has 0 saturated carbocycles. The summed E-state index contributed by atoms with van der Waals surface area (Å²) in [5, 5.41) is 2.86. The van der Waals surface area contributed by atoms with Crippen molar-refractivity contribution in [1.82, 2.24) is 4.90 Å². The van der Waals surface area contributed by atoms with Gasteiger partial charge >= 0.3 is 6.09 Å². The summed E-state index contributed by atoms with van der Waals surface area (Å²) in [6, 6.07) is 5.83. The molecular formula is C15H20N2O3. The predicted octanol–water partition coefficient (Wildman–Crippen LogP) is 2.47. The number of rotatable bonds is 4. The van der Waals surface area contributed by atoms with Crippen LogP contribution in [-0.2, 0) is 9.53 Å². The summed E-state index contributed by atoms with van der Waals surface area (Å²) in [5.74, 6) is -0.0566. The second kappa shape index (κ2) is 5.94. The number of hydrogen-bond donors (Lipinski definition) is 1. The van der Waals surface area contributed by atoms with Crippen molar-refractivity contribution in [1.29, 1.82) is 0 Å². The van der Waals surface area contributed by atoms with Gasteiger partial charge in [0.05, 0.1) is 6.54 Å². The van der Waals surface area contributed by atoms with Crippen LogP contribution in [0.15, 0.2) is 18.2 Å². The summed E-state index contributed by atoms with van der Waals surface area (Å²) in [5.41, 5.74) is 3.15. The Morgan fingerprint density at radius 2 is 2.15 bits per heavy atom. The van der Waals surface area contributed by atoms with E-state index in [-0.39, 0.29) is 18.1 Å². The molecule has 1 aliphatic heterocycles. The van der Waals surface area contributed by atoms with Gasteiger partial charge in [-0.05, 0) is 43.5 Å². The van der Waals surface area contributed by atoms with Gasteiger partial charge in [0.1, 0.15) is 6.10 Å². The first-order valence-electron chi connectivity index (χ1n) is 6.74. The average molecular weight is 276 g/mol. The Bertz CT molecular complexity index is 528. The van der Waals surface area contributed by atoms with Crippen LogP contribution in [0.3, 0.4) is 0 Å². The molecule has 5 nitrogen and oxygen atoms in total. The Hall–Kier alpha value is -2.04. The second-order valence-electron chi connectivity index (χ2n) is 5.27. The number of amides is 2. The van der Waals surface area contributed by atoms with Crippen LogP contribution in [0.1, 0.15) is 24.0 Å². The molecule has 1 atom stereocenters. The fourth-order valence-electron chi connectivity index (χ4n) is 2.13. The molecule has 5 heteroatoms. The van der Waals surface area contributed by atoms with Gasteiger partial charge in [-0.1, -0.05) is 6.07 Å². The first-order valence-corrected chi connectivity index (χ1v) is 6.74. The normalized spacial score (nSPS) is 18.1. The lowest BCUT2D eigenvalue weighted by molar-refractivity contribution is -0.116. The molecule has 1 heterocycles. The Morgan fingerprint density at radius 1 is 1.40 bits per heavy atom. The van der Waals surface area contributed by atoms with Crippen molar-refractivity contribution in [2.45, 2.75) is 32.8 Å². The van der Waals surface area contributed by atoms with E-state index >= 15 is 0 Å². The van der Waals surface area contributed by atoms with Crippen molar-refractivity contribution in [2.24, 2.45) is 0 Å². The quantitative estimate of drug-likeness (QED) is 0.919. The smallest absolute Gasteiger partial charge is 0.409 e. The van der Waals surface area contributed by atoms with Crippen LogP contribution < -0.4 is 5.32 Å². The lowest BCUT2D eigenvalue weighted by atomic mass is 10.1. The molecule has 0 spiro atoms. The van der Waals surface area contributed by atoms with E-state index in [2.05, 4.69) is 5.32 Å². The number of cyclic esters (lactones) is 1. The molecule has 1 aliphatic rings. The van der Waals surface area contributed by atoms with Gasteiger partial charge in [0.25, 0.3) is 0 Å². The summed E-state index contributed by atoms with van der Waals surface area (Å²) in [4.78, 5) is 24.6. The van der Waals surface area contributed by atoms with E-state index in [1.54, 1.807) is 7.05 Å². The predicted molar refractivity (Wildman–Crippen MR) is 76.7 cm³/mol. The number of carbonyl (C=O) groups excluding carboxylic acids is 2. The number of likely N-dealkylation sites (N-methyl/N-ethyl adjacent to an activating group) is 1. The molecule has 108 valence electrons. The molecule has 2 rings (SSSR count). The summed E-state index contributed by atoms with van der Waals surface area (Å²) >= 11 is 0. The van der Waals surface area contributed by atoms with Gasteiger partial charge in [-0.15, -0.1) is 0 Å². The zero-order valence-corrected chi connectivity index (χ0v) is 12.1. The minimum Gasteiger partial charge on any atom is -0.444 e. The standard InChI is InChI=1S/C15H20N2O3/c1-10-4-5-12(8-11(10)2)16-14(18)7-6-13-9-17(3)15(19)20-13/h4-5,8,13H,6-7,9H2,1-3H3,(H,16,18). The van der Waals surface area contributed by atoms with E-state index in [0.29, 0.717) is 19.4 Å². The number of carbonyl (C=O) groups is 2. The summed E-state index contributed by atoms with van der Waals surface area (Å²) in [6.45, 7) is 4.60. The van der Waals surface area contributed by atoms with E-state index in [4.69, 9.17) is 4.74 Å². The van der Waals surface area contributed by atoms with Crippen molar-refractivity contribution < 1.29 is 14.3 Å². The molecule has 0 aromatic heterocycles. The van der Waals surface area contributed by atoms with E-state index in [1.807, 2.05) is 32.0 Å². The zero-order valence-electron chi connectivity index (χ0n) is 12.1. The highest BCUT2D eigenvalue weighted by molar-refractivity contribution is 5.90. The van der Waals surface area contributed by atoms with E-state index in [9.17, 15) is 9.59 Å². The topological polar surface area (TPSA) is 58.6 Å². The van der Waals surface area contributed by atoms with Crippen molar-refractivity contribution in [3.05, 3.63) is 29.3 Å². The minimum atomic E-state index is -0.315. The SMILES string of the molecule is Cc1ccc(NC(=O)CCC2CN(C)C(=O)O2)cc1C. The van der Waals surface area contributed by atoms with E-state index in [1.165, 1.54) is 10.5 Å². The van der Waals surface area contributed by atoms with Crippen LogP contribution in [0.4, 0.5) is 10.5 Å². The first-order chi connectivity index (χ1) is 9.45. The molecule has 1 saturated heterocycles. The fraction of sp³-hybridized carbons (Fsp3) is 0.467. The summed E-state index contributed by atoms with van der Waals surface area (Å²) in [6.07, 6.45) is 0.397. The van der Waals surface area contributed by atoms with Crippen LogP contribution in [0.5, 0.6) is 0 Å². The summed E-state index contributed by atoms with van der Waals surface area (Å²) in [7, 11) is 1.69. The van der Waals surface area contributed by atoms with Gasteiger partial charge in [0.2, 0.25) is 5.91 Å².